The van der Waals surface area contributed by atoms with Crippen LogP contribution >= 0.6 is 11.8 Å². The van der Waals surface area contributed by atoms with Crippen molar-refractivity contribution in [3.05, 3.63) is 48.6 Å². The number of fused-ring (bicyclic) bond motifs is 1. The average molecular weight is 1040 g/mol. The highest BCUT2D eigenvalue weighted by Gasteiger charge is 2.40. The van der Waals surface area contributed by atoms with Crippen LogP contribution in [-0.4, -0.2) is 136 Å². The van der Waals surface area contributed by atoms with E-state index >= 15 is 0 Å². The van der Waals surface area contributed by atoms with E-state index in [1.807, 2.05) is 28.8 Å². The molecule has 3 aliphatic heterocycles. The second-order valence-electron chi connectivity index (χ2n) is 21.9. The number of Topliss-reactive ketones (excluding diaryl/α,β-unsaturated/α-hetero) is 1. The van der Waals surface area contributed by atoms with Crippen LogP contribution in [0.25, 0.3) is 0 Å². The number of carbonyl (C=O) groups is 3. The number of nitrogens with one attached hydrogen (secondary N) is 5. The maximum Gasteiger partial charge on any atom is 0.305 e. The van der Waals surface area contributed by atoms with Crippen molar-refractivity contribution < 1.29 is 33.3 Å². The van der Waals surface area contributed by atoms with Crippen molar-refractivity contribution in [1.29, 1.82) is 0 Å². The molecule has 0 saturated carbocycles. The third-order valence-electron chi connectivity index (χ3n) is 13.3. The number of aryl methyl sites for hydroxylation is 1. The van der Waals surface area contributed by atoms with E-state index in [1.165, 1.54) is 6.42 Å². The Morgan fingerprint density at radius 2 is 1.21 bits per heavy atom. The van der Waals surface area contributed by atoms with E-state index in [0.717, 1.165) is 119 Å². The fourth-order valence-corrected chi connectivity index (χ4v) is 10.3. The van der Waals surface area contributed by atoms with Gasteiger partial charge in [0.25, 0.3) is 0 Å². The van der Waals surface area contributed by atoms with Crippen LogP contribution in [0.3, 0.4) is 0 Å². The van der Waals surface area contributed by atoms with Gasteiger partial charge in [-0.3, -0.25) is 19.1 Å². The first-order valence-electron chi connectivity index (χ1n) is 27.5. The van der Waals surface area contributed by atoms with Gasteiger partial charge in [-0.1, -0.05) is 104 Å². The maximum absolute atomic E-state index is 12.2. The molecule has 5 N–H and O–H groups in total. The molecule has 18 nitrogen and oxygen atoms in total. The SMILES string of the molecule is C=C1N[C@@H](C)[C@@H](CCCCCC(=O)NCCOCCOCCOCCn2cc(C(C)(C)C)nn2)N1.C=C1N[C@H]2[C@H](CS[C@@H]2CCCCC(=O)CCCCCCOC(=O)CCCCCn2cc(C(C)(C)C)nn2)N1. The number of ketones is 1. The van der Waals surface area contributed by atoms with E-state index in [-0.39, 0.29) is 22.7 Å². The van der Waals surface area contributed by atoms with Gasteiger partial charge in [0.2, 0.25) is 5.91 Å². The topological polar surface area (TPSA) is 210 Å². The molecule has 0 radical (unpaired) electrons. The van der Waals surface area contributed by atoms with Crippen molar-refractivity contribution in [1.82, 2.24) is 56.6 Å². The van der Waals surface area contributed by atoms with Crippen molar-refractivity contribution in [3.63, 3.8) is 0 Å². The molecule has 3 fully saturated rings. The second-order valence-corrected chi connectivity index (χ2v) is 23.2. The minimum absolute atomic E-state index is 0.00128. The zero-order chi connectivity index (χ0) is 52.9. The van der Waals surface area contributed by atoms with Crippen LogP contribution < -0.4 is 26.6 Å². The number of hydrogen-bond donors (Lipinski definition) is 5. The number of amides is 1. The number of esters is 1. The van der Waals surface area contributed by atoms with Gasteiger partial charge in [-0.25, -0.2) is 4.68 Å². The lowest BCUT2D eigenvalue weighted by atomic mass is 9.93. The molecule has 2 aromatic heterocycles. The molecule has 0 spiro atoms. The van der Waals surface area contributed by atoms with Crippen LogP contribution in [0.5, 0.6) is 0 Å². The summed E-state index contributed by atoms with van der Waals surface area (Å²) in [6, 6.07) is 1.88. The Kier molecular flexibility index (Phi) is 28.3. The molecule has 73 heavy (non-hydrogen) atoms. The quantitative estimate of drug-likeness (QED) is 0.0333. The van der Waals surface area contributed by atoms with E-state index in [4.69, 9.17) is 18.9 Å². The lowest BCUT2D eigenvalue weighted by Gasteiger charge is -2.17. The minimum Gasteiger partial charge on any atom is -0.466 e. The third kappa shape index (κ3) is 25.7. The van der Waals surface area contributed by atoms with Gasteiger partial charge in [0, 0.05) is 85.1 Å². The van der Waals surface area contributed by atoms with Crippen LogP contribution in [0.2, 0.25) is 0 Å². The first-order valence-corrected chi connectivity index (χ1v) is 28.6. The van der Waals surface area contributed by atoms with E-state index < -0.39 is 0 Å². The number of unbranched alkanes of at least 4 members (excludes halogenated alkanes) is 8. The highest BCUT2D eigenvalue weighted by Crippen LogP contribution is 2.34. The summed E-state index contributed by atoms with van der Waals surface area (Å²) < 4.78 is 25.6. The Morgan fingerprint density at radius 1 is 0.644 bits per heavy atom. The van der Waals surface area contributed by atoms with Crippen LogP contribution in [0.15, 0.2) is 37.2 Å². The predicted molar refractivity (Wildman–Crippen MR) is 290 cm³/mol. The molecule has 3 saturated heterocycles. The van der Waals surface area contributed by atoms with Crippen LogP contribution in [-0.2, 0) is 57.3 Å². The van der Waals surface area contributed by atoms with Crippen LogP contribution in [0.1, 0.15) is 175 Å². The van der Waals surface area contributed by atoms with Crippen molar-refractivity contribution in [2.45, 2.75) is 217 Å². The number of thioether (sulfide) groups is 1. The van der Waals surface area contributed by atoms with Gasteiger partial charge in [0.1, 0.15) is 5.78 Å². The summed E-state index contributed by atoms with van der Waals surface area (Å²) in [7, 11) is 0. The molecular formula is C54H95N11O7S. The first kappa shape index (κ1) is 61.3. The number of ether oxygens (including phenoxy) is 4. The van der Waals surface area contributed by atoms with Gasteiger partial charge in [0.15, 0.2) is 0 Å². The van der Waals surface area contributed by atoms with E-state index in [9.17, 15) is 14.4 Å². The highest BCUT2D eigenvalue weighted by atomic mass is 32.2. The number of rotatable bonds is 36. The lowest BCUT2D eigenvalue weighted by molar-refractivity contribution is -0.144. The molecule has 5 rings (SSSR count). The average Bonchev–Trinajstić information content (AvgIpc) is 4.19. The van der Waals surface area contributed by atoms with Gasteiger partial charge in [-0.15, -0.1) is 10.2 Å². The molecule has 0 aromatic carbocycles. The molecule has 414 valence electrons. The van der Waals surface area contributed by atoms with Crippen molar-refractivity contribution in [2.75, 3.05) is 58.5 Å². The second kappa shape index (κ2) is 33.7. The third-order valence-corrected chi connectivity index (χ3v) is 14.8. The van der Waals surface area contributed by atoms with Crippen molar-refractivity contribution in [3.8, 4) is 0 Å². The predicted octanol–water partition coefficient (Wildman–Crippen LogP) is 7.39. The Morgan fingerprint density at radius 3 is 1.86 bits per heavy atom. The van der Waals surface area contributed by atoms with Gasteiger partial charge < -0.3 is 45.5 Å². The summed E-state index contributed by atoms with van der Waals surface area (Å²) in [5, 5.41) is 33.8. The normalized spacial score (nSPS) is 19.4. The fraction of sp³-hybridized carbons (Fsp3) is 0.796. The molecular weight excluding hydrogens is 947 g/mol. The van der Waals surface area contributed by atoms with E-state index in [0.29, 0.717) is 120 Å². The Balaban J connectivity index is 0.000000318. The fourth-order valence-electron chi connectivity index (χ4n) is 8.77. The summed E-state index contributed by atoms with van der Waals surface area (Å²) >= 11 is 2.04. The van der Waals surface area contributed by atoms with Crippen LogP contribution in [0, 0.1) is 0 Å². The molecule has 2 aromatic rings. The molecule has 0 bridgehead atoms. The number of carbonyl (C=O) groups excluding carboxylic acids is 3. The minimum atomic E-state index is -0.104. The maximum atomic E-state index is 12.2. The summed E-state index contributed by atoms with van der Waals surface area (Å²) in [4.78, 5) is 36.0. The van der Waals surface area contributed by atoms with E-state index in [2.05, 4.69) is 109 Å². The van der Waals surface area contributed by atoms with Crippen LogP contribution in [0.4, 0.5) is 0 Å². The Labute approximate surface area is 442 Å². The van der Waals surface area contributed by atoms with Gasteiger partial charge in [-0.2, -0.15) is 11.8 Å². The Hall–Kier alpha value is -4.20. The van der Waals surface area contributed by atoms with Gasteiger partial charge in [-0.05, 0) is 58.3 Å². The zero-order valence-corrected chi connectivity index (χ0v) is 46.7. The number of aromatic nitrogens is 6. The summed E-state index contributed by atoms with van der Waals surface area (Å²) in [6.07, 6.45) is 20.5. The lowest BCUT2D eigenvalue weighted by Crippen LogP contribution is -2.36. The molecule has 0 aliphatic carbocycles. The molecule has 1 amide bonds. The summed E-state index contributed by atoms with van der Waals surface area (Å²) in [5.74, 6) is 3.39. The molecule has 19 heteroatoms. The summed E-state index contributed by atoms with van der Waals surface area (Å²) in [6.45, 7) is 28.4. The number of nitrogens with zero attached hydrogens (tertiary/aromatic N) is 6. The van der Waals surface area contributed by atoms with Crippen molar-refractivity contribution >= 4 is 29.4 Å². The Bertz CT molecular complexity index is 1910. The van der Waals surface area contributed by atoms with Gasteiger partial charge >= 0.3 is 5.97 Å². The monoisotopic (exact) mass is 1040 g/mol. The largest absolute Gasteiger partial charge is 0.466 e. The van der Waals surface area contributed by atoms with E-state index in [1.54, 1.807) is 4.68 Å². The first-order chi connectivity index (χ1) is 35.0. The molecule has 0 unspecified atom stereocenters. The molecule has 3 aliphatic rings. The van der Waals surface area contributed by atoms with Crippen molar-refractivity contribution in [2.24, 2.45) is 0 Å². The highest BCUT2D eigenvalue weighted by molar-refractivity contribution is 8.00. The molecule has 5 heterocycles. The smallest absolute Gasteiger partial charge is 0.305 e. The standard InChI is InChI=1S/C29H49N5O3S.C25H46N6O4/c1-22-30-24-21-38-25(28(24)31-22)16-11-10-15-23(35)14-8-5-6-13-19-37-27(36)17-9-7-12-18-34-20-26(32-33-34)29(2,3)4;1-20-22(28-21(2)27-20)9-7-6-8-10-24(32)26-11-13-33-15-17-35-18-16-34-14-12-31-19-23(29-30-31)25(3,4)5/h20,24-25,28,30-31H,1,5-19,21H2,2-4H3;19-20,22,27-28H,2,6-18H2,1,3-5H3,(H,26,32)/t24-,25+,28-;20-,22+/m00/s1. The summed E-state index contributed by atoms with van der Waals surface area (Å²) in [5.41, 5.74) is 1.99. The number of hydrogen-bond acceptors (Lipinski definition) is 16. The van der Waals surface area contributed by atoms with Gasteiger partial charge in [0.05, 0.1) is 87.9 Å². The molecule has 5 atom stereocenters. The zero-order valence-electron chi connectivity index (χ0n) is 45.9.